The maximum atomic E-state index is 11.7. The molecule has 1 amide bonds. The van der Waals surface area contributed by atoms with Crippen LogP contribution in [0.2, 0.25) is 0 Å². The Labute approximate surface area is 114 Å². The monoisotopic (exact) mass is 265 g/mol. The van der Waals surface area contributed by atoms with E-state index in [0.29, 0.717) is 0 Å². The van der Waals surface area contributed by atoms with Gasteiger partial charge in [0.25, 0.3) is 5.91 Å². The van der Waals surface area contributed by atoms with Gasteiger partial charge in [-0.1, -0.05) is 19.1 Å². The normalized spacial score (nSPS) is 13.7. The minimum atomic E-state index is -0.172. The van der Waals surface area contributed by atoms with Gasteiger partial charge in [0.1, 0.15) is 5.75 Å². The second-order valence-electron chi connectivity index (χ2n) is 5.00. The second kappa shape index (κ2) is 7.14. The summed E-state index contributed by atoms with van der Waals surface area (Å²) in [6.45, 7) is 7.78. The van der Waals surface area contributed by atoms with Crippen molar-refractivity contribution in [2.45, 2.75) is 33.7 Å². The molecular formula is C15H23NO3. The molecule has 2 unspecified atom stereocenters. The maximum Gasteiger partial charge on any atom is 0.258 e. The predicted molar refractivity (Wildman–Crippen MR) is 75.3 cm³/mol. The summed E-state index contributed by atoms with van der Waals surface area (Å²) in [5.41, 5.74) is 2.19. The number of benzene rings is 1. The first-order valence-corrected chi connectivity index (χ1v) is 6.55. The lowest BCUT2D eigenvalue weighted by atomic mass is 10.1. The van der Waals surface area contributed by atoms with E-state index in [1.807, 2.05) is 45.9 Å². The summed E-state index contributed by atoms with van der Waals surface area (Å²) < 4.78 is 5.52. The first-order chi connectivity index (χ1) is 8.95. The van der Waals surface area contributed by atoms with E-state index in [1.165, 1.54) is 0 Å². The number of aliphatic hydroxyl groups is 1. The fourth-order valence-corrected chi connectivity index (χ4v) is 1.62. The lowest BCUT2D eigenvalue weighted by Gasteiger charge is -2.19. The van der Waals surface area contributed by atoms with E-state index in [9.17, 15) is 4.79 Å². The number of carbonyl (C=O) groups is 1. The molecule has 4 nitrogen and oxygen atoms in total. The number of aliphatic hydroxyl groups excluding tert-OH is 1. The summed E-state index contributed by atoms with van der Waals surface area (Å²) in [6, 6.07) is 5.70. The van der Waals surface area contributed by atoms with E-state index < -0.39 is 0 Å². The Kier molecular flexibility index (Phi) is 5.83. The van der Waals surface area contributed by atoms with E-state index in [-0.39, 0.29) is 31.1 Å². The van der Waals surface area contributed by atoms with Crippen molar-refractivity contribution in [1.29, 1.82) is 0 Å². The Bertz CT molecular complexity index is 431. The number of nitrogens with one attached hydrogen (secondary N) is 1. The minimum absolute atomic E-state index is 0.00716. The van der Waals surface area contributed by atoms with Crippen LogP contribution in [0.3, 0.4) is 0 Å². The molecule has 1 aromatic carbocycles. The summed E-state index contributed by atoms with van der Waals surface area (Å²) in [7, 11) is 0. The highest BCUT2D eigenvalue weighted by Gasteiger charge is 2.14. The summed E-state index contributed by atoms with van der Waals surface area (Å²) >= 11 is 0. The van der Waals surface area contributed by atoms with E-state index in [1.54, 1.807) is 0 Å². The average molecular weight is 265 g/mol. The number of ether oxygens (including phenoxy) is 1. The van der Waals surface area contributed by atoms with Crippen molar-refractivity contribution in [2.24, 2.45) is 5.92 Å². The Morgan fingerprint density at radius 1 is 1.37 bits per heavy atom. The average Bonchev–Trinajstić information content (AvgIpc) is 2.39. The van der Waals surface area contributed by atoms with Gasteiger partial charge in [0.2, 0.25) is 0 Å². The zero-order valence-corrected chi connectivity index (χ0v) is 12.1. The maximum absolute atomic E-state index is 11.7. The molecule has 106 valence electrons. The van der Waals surface area contributed by atoms with Crippen molar-refractivity contribution >= 4 is 5.91 Å². The standard InChI is InChI=1S/C15H23NO3/c1-10-6-5-7-14(12(10)3)19-9-15(18)16-13(4)11(2)8-17/h5-7,11,13,17H,8-9H2,1-4H3,(H,16,18). The molecule has 0 saturated carbocycles. The molecule has 2 atom stereocenters. The van der Waals surface area contributed by atoms with Gasteiger partial charge < -0.3 is 15.2 Å². The quantitative estimate of drug-likeness (QED) is 0.825. The molecule has 0 aliphatic heterocycles. The fraction of sp³-hybridized carbons (Fsp3) is 0.533. The van der Waals surface area contributed by atoms with Crippen LogP contribution >= 0.6 is 0 Å². The number of carbonyl (C=O) groups excluding carboxylic acids is 1. The predicted octanol–water partition coefficient (Wildman–Crippen LogP) is 1.82. The molecule has 0 spiro atoms. The summed E-state index contributed by atoms with van der Waals surface area (Å²) in [5.74, 6) is 0.594. The SMILES string of the molecule is Cc1cccc(OCC(=O)NC(C)C(C)CO)c1C. The zero-order chi connectivity index (χ0) is 14.4. The van der Waals surface area contributed by atoms with Crippen molar-refractivity contribution in [1.82, 2.24) is 5.32 Å². The number of rotatable bonds is 6. The molecule has 0 radical (unpaired) electrons. The Hall–Kier alpha value is -1.55. The third-order valence-corrected chi connectivity index (χ3v) is 3.44. The Morgan fingerprint density at radius 3 is 2.68 bits per heavy atom. The molecule has 1 rings (SSSR count). The molecule has 4 heteroatoms. The van der Waals surface area contributed by atoms with Crippen LogP contribution in [0.5, 0.6) is 5.75 Å². The largest absolute Gasteiger partial charge is 0.483 e. The highest BCUT2D eigenvalue weighted by atomic mass is 16.5. The van der Waals surface area contributed by atoms with Gasteiger partial charge in [-0.25, -0.2) is 0 Å². The molecule has 1 aromatic rings. The van der Waals surface area contributed by atoms with E-state index in [4.69, 9.17) is 9.84 Å². The first kappa shape index (κ1) is 15.5. The summed E-state index contributed by atoms with van der Waals surface area (Å²) in [5, 5.41) is 11.8. The molecule has 0 heterocycles. The van der Waals surface area contributed by atoms with Crippen molar-refractivity contribution in [3.05, 3.63) is 29.3 Å². The van der Waals surface area contributed by atoms with Crippen LogP contribution in [0, 0.1) is 19.8 Å². The van der Waals surface area contributed by atoms with Crippen LogP contribution in [0.25, 0.3) is 0 Å². The Balaban J connectivity index is 2.48. The van der Waals surface area contributed by atoms with Crippen LogP contribution in [-0.2, 0) is 4.79 Å². The van der Waals surface area contributed by atoms with Crippen LogP contribution in [0.4, 0.5) is 0 Å². The zero-order valence-electron chi connectivity index (χ0n) is 12.1. The van der Waals surface area contributed by atoms with Gasteiger partial charge in [0, 0.05) is 12.6 Å². The number of amides is 1. The lowest BCUT2D eigenvalue weighted by molar-refractivity contribution is -0.124. The van der Waals surface area contributed by atoms with E-state index >= 15 is 0 Å². The molecule has 0 aliphatic carbocycles. The van der Waals surface area contributed by atoms with Gasteiger partial charge in [0.05, 0.1) is 0 Å². The van der Waals surface area contributed by atoms with Crippen LogP contribution in [0.15, 0.2) is 18.2 Å². The van der Waals surface area contributed by atoms with Crippen molar-refractivity contribution < 1.29 is 14.6 Å². The molecule has 0 aromatic heterocycles. The molecular weight excluding hydrogens is 242 g/mol. The third kappa shape index (κ3) is 4.56. The fourth-order valence-electron chi connectivity index (χ4n) is 1.62. The second-order valence-corrected chi connectivity index (χ2v) is 5.00. The highest BCUT2D eigenvalue weighted by Crippen LogP contribution is 2.20. The minimum Gasteiger partial charge on any atom is -0.483 e. The van der Waals surface area contributed by atoms with Crippen molar-refractivity contribution in [3.63, 3.8) is 0 Å². The van der Waals surface area contributed by atoms with Gasteiger partial charge in [-0.05, 0) is 43.9 Å². The smallest absolute Gasteiger partial charge is 0.258 e. The van der Waals surface area contributed by atoms with Gasteiger partial charge in [-0.3, -0.25) is 4.79 Å². The van der Waals surface area contributed by atoms with E-state index in [2.05, 4.69) is 5.32 Å². The van der Waals surface area contributed by atoms with Gasteiger partial charge >= 0.3 is 0 Å². The van der Waals surface area contributed by atoms with Crippen LogP contribution in [-0.4, -0.2) is 30.3 Å². The number of hydrogen-bond donors (Lipinski definition) is 2. The number of aryl methyl sites for hydroxylation is 1. The van der Waals surface area contributed by atoms with Crippen LogP contribution < -0.4 is 10.1 Å². The summed E-state index contributed by atoms with van der Waals surface area (Å²) in [6.07, 6.45) is 0. The van der Waals surface area contributed by atoms with Gasteiger partial charge in [-0.15, -0.1) is 0 Å². The van der Waals surface area contributed by atoms with Gasteiger partial charge in [0.15, 0.2) is 6.61 Å². The molecule has 0 bridgehead atoms. The molecule has 0 saturated heterocycles. The molecule has 2 N–H and O–H groups in total. The lowest BCUT2D eigenvalue weighted by Crippen LogP contribution is -2.40. The third-order valence-electron chi connectivity index (χ3n) is 3.44. The Morgan fingerprint density at radius 2 is 2.05 bits per heavy atom. The van der Waals surface area contributed by atoms with Crippen LogP contribution in [0.1, 0.15) is 25.0 Å². The summed E-state index contributed by atoms with van der Waals surface area (Å²) in [4.78, 5) is 11.7. The first-order valence-electron chi connectivity index (χ1n) is 6.55. The topological polar surface area (TPSA) is 58.6 Å². The van der Waals surface area contributed by atoms with Crippen molar-refractivity contribution in [3.8, 4) is 5.75 Å². The molecule has 0 aliphatic rings. The molecule has 0 fully saturated rings. The molecule has 19 heavy (non-hydrogen) atoms. The van der Waals surface area contributed by atoms with Gasteiger partial charge in [-0.2, -0.15) is 0 Å². The van der Waals surface area contributed by atoms with E-state index in [0.717, 1.165) is 16.9 Å². The highest BCUT2D eigenvalue weighted by molar-refractivity contribution is 5.77. The van der Waals surface area contributed by atoms with Crippen molar-refractivity contribution in [2.75, 3.05) is 13.2 Å². The number of hydrogen-bond acceptors (Lipinski definition) is 3.